The van der Waals surface area contributed by atoms with E-state index >= 15 is 0 Å². The topological polar surface area (TPSA) is 90.5 Å². The molecule has 0 unspecified atom stereocenters. The second-order valence-corrected chi connectivity index (χ2v) is 9.01. The van der Waals surface area contributed by atoms with Gasteiger partial charge in [0, 0.05) is 53.2 Å². The third kappa shape index (κ3) is 5.06. The minimum atomic E-state index is -0.0882. The van der Waals surface area contributed by atoms with Crippen molar-refractivity contribution >= 4 is 11.6 Å². The minimum absolute atomic E-state index is 0.0882. The van der Waals surface area contributed by atoms with Gasteiger partial charge in [0.15, 0.2) is 0 Å². The molecule has 0 aliphatic rings. The van der Waals surface area contributed by atoms with Crippen LogP contribution in [0.15, 0.2) is 42.7 Å². The summed E-state index contributed by atoms with van der Waals surface area (Å²) in [4.78, 5) is 26.4. The predicted molar refractivity (Wildman–Crippen MR) is 132 cm³/mol. The first-order valence-corrected chi connectivity index (χ1v) is 11.5. The first kappa shape index (κ1) is 23.4. The van der Waals surface area contributed by atoms with Crippen LogP contribution in [0, 0.1) is 27.7 Å². The van der Waals surface area contributed by atoms with E-state index in [9.17, 15) is 4.79 Å². The van der Waals surface area contributed by atoms with Crippen LogP contribution in [0.4, 0.5) is 5.69 Å². The predicted octanol–water partition coefficient (Wildman–Crippen LogP) is 4.45. The highest BCUT2D eigenvalue weighted by molar-refractivity contribution is 5.92. The molecule has 3 aromatic heterocycles. The number of nitrogens with one attached hydrogen (secondary N) is 1. The molecule has 0 fully saturated rings. The Bertz CT molecular complexity index is 1310. The molecule has 4 aromatic rings. The van der Waals surface area contributed by atoms with Gasteiger partial charge in [-0.3, -0.25) is 4.79 Å². The van der Waals surface area contributed by atoms with E-state index in [0.29, 0.717) is 18.4 Å². The van der Waals surface area contributed by atoms with Crippen molar-refractivity contribution in [2.75, 3.05) is 5.32 Å². The molecular formula is C26H31N7O. The molecule has 0 saturated carbocycles. The number of aromatic nitrogens is 6. The van der Waals surface area contributed by atoms with E-state index in [2.05, 4.69) is 49.8 Å². The van der Waals surface area contributed by atoms with Gasteiger partial charge in [0.25, 0.3) is 5.95 Å². The summed E-state index contributed by atoms with van der Waals surface area (Å²) in [7, 11) is 0. The number of imidazole rings is 1. The molecule has 1 N–H and O–H groups in total. The second-order valence-electron chi connectivity index (χ2n) is 9.01. The summed E-state index contributed by atoms with van der Waals surface area (Å²) in [5, 5.41) is 7.64. The van der Waals surface area contributed by atoms with Crippen LogP contribution < -0.4 is 5.32 Å². The Morgan fingerprint density at radius 3 is 2.50 bits per heavy atom. The molecule has 176 valence electrons. The number of anilines is 1. The first-order chi connectivity index (χ1) is 16.2. The maximum Gasteiger partial charge on any atom is 0.251 e. The standard InChI is InChI=1S/C26H31N7O/c1-16(2)25-27-10-11-32(25)15-21-8-7-9-22(13-21)30-24(34)14-23-19(5)31-33(20(23)6)26-28-17(3)12-18(4)29-26/h7-13,16H,14-15H2,1-6H3,(H,30,34). The number of hydrogen-bond acceptors (Lipinski definition) is 5. The molecule has 8 nitrogen and oxygen atoms in total. The molecule has 3 heterocycles. The van der Waals surface area contributed by atoms with Crippen LogP contribution in [-0.2, 0) is 17.8 Å². The fraction of sp³-hybridized carbons (Fsp3) is 0.346. The molecule has 0 radical (unpaired) electrons. The van der Waals surface area contributed by atoms with E-state index in [-0.39, 0.29) is 12.3 Å². The van der Waals surface area contributed by atoms with Gasteiger partial charge in [-0.15, -0.1) is 0 Å². The highest BCUT2D eigenvalue weighted by Crippen LogP contribution is 2.19. The molecular weight excluding hydrogens is 426 g/mol. The van der Waals surface area contributed by atoms with Crippen molar-refractivity contribution < 1.29 is 4.79 Å². The van der Waals surface area contributed by atoms with Crippen LogP contribution in [0.5, 0.6) is 0 Å². The van der Waals surface area contributed by atoms with Crippen molar-refractivity contribution in [2.45, 2.75) is 60.4 Å². The smallest absolute Gasteiger partial charge is 0.251 e. The van der Waals surface area contributed by atoms with Gasteiger partial charge in [-0.25, -0.2) is 19.6 Å². The van der Waals surface area contributed by atoms with Crippen molar-refractivity contribution in [3.8, 4) is 5.95 Å². The molecule has 8 heteroatoms. The van der Waals surface area contributed by atoms with E-state index < -0.39 is 0 Å². The zero-order valence-corrected chi connectivity index (χ0v) is 20.6. The van der Waals surface area contributed by atoms with Gasteiger partial charge < -0.3 is 9.88 Å². The number of hydrogen-bond donors (Lipinski definition) is 1. The number of aryl methyl sites for hydroxylation is 3. The summed E-state index contributed by atoms with van der Waals surface area (Å²) < 4.78 is 3.86. The monoisotopic (exact) mass is 457 g/mol. The van der Waals surface area contributed by atoms with Crippen molar-refractivity contribution in [2.24, 2.45) is 0 Å². The highest BCUT2D eigenvalue weighted by atomic mass is 16.1. The summed E-state index contributed by atoms with van der Waals surface area (Å²) >= 11 is 0. The lowest BCUT2D eigenvalue weighted by atomic mass is 10.1. The van der Waals surface area contributed by atoms with Crippen molar-refractivity contribution in [3.05, 3.63) is 82.5 Å². The third-order valence-corrected chi connectivity index (χ3v) is 5.77. The van der Waals surface area contributed by atoms with Crippen molar-refractivity contribution in [1.29, 1.82) is 0 Å². The van der Waals surface area contributed by atoms with E-state index in [4.69, 9.17) is 0 Å². The van der Waals surface area contributed by atoms with Gasteiger partial charge in [-0.1, -0.05) is 26.0 Å². The Morgan fingerprint density at radius 2 is 1.79 bits per heavy atom. The van der Waals surface area contributed by atoms with Gasteiger partial charge in [0.2, 0.25) is 5.91 Å². The average Bonchev–Trinajstić information content (AvgIpc) is 3.33. The van der Waals surface area contributed by atoms with Gasteiger partial charge in [0.1, 0.15) is 5.82 Å². The maximum absolute atomic E-state index is 12.9. The average molecular weight is 458 g/mol. The molecule has 0 aliphatic carbocycles. The molecule has 0 saturated heterocycles. The summed E-state index contributed by atoms with van der Waals surface area (Å²) in [6.07, 6.45) is 4.05. The largest absolute Gasteiger partial charge is 0.330 e. The molecule has 1 aromatic carbocycles. The van der Waals surface area contributed by atoms with Crippen molar-refractivity contribution in [1.82, 2.24) is 29.3 Å². The lowest BCUT2D eigenvalue weighted by Gasteiger charge is -2.12. The van der Waals surface area contributed by atoms with Gasteiger partial charge in [-0.05, 0) is 51.5 Å². The van der Waals surface area contributed by atoms with Gasteiger partial charge in [-0.2, -0.15) is 5.10 Å². The lowest BCUT2D eigenvalue weighted by molar-refractivity contribution is -0.115. The fourth-order valence-corrected chi connectivity index (χ4v) is 4.19. The molecule has 4 rings (SSSR count). The fourth-order valence-electron chi connectivity index (χ4n) is 4.19. The molecule has 0 bridgehead atoms. The number of nitrogens with zero attached hydrogens (tertiary/aromatic N) is 6. The van der Waals surface area contributed by atoms with Crippen LogP contribution in [0.1, 0.15) is 59.5 Å². The number of carbonyl (C=O) groups excluding carboxylic acids is 1. The van der Waals surface area contributed by atoms with Crippen LogP contribution in [0.25, 0.3) is 5.95 Å². The Labute approximate surface area is 200 Å². The first-order valence-electron chi connectivity index (χ1n) is 11.5. The lowest BCUT2D eigenvalue weighted by Crippen LogP contribution is -2.16. The van der Waals surface area contributed by atoms with E-state index in [1.165, 1.54) is 0 Å². The number of benzene rings is 1. The zero-order chi connectivity index (χ0) is 24.4. The Balaban J connectivity index is 1.49. The van der Waals surface area contributed by atoms with E-state index in [1.54, 1.807) is 4.68 Å². The van der Waals surface area contributed by atoms with Crippen LogP contribution in [0.3, 0.4) is 0 Å². The normalized spacial score (nSPS) is 11.3. The molecule has 0 spiro atoms. The maximum atomic E-state index is 12.9. The number of carbonyl (C=O) groups is 1. The number of rotatable bonds is 7. The molecule has 0 aliphatic heterocycles. The van der Waals surface area contributed by atoms with Crippen molar-refractivity contribution in [3.63, 3.8) is 0 Å². The molecule has 1 amide bonds. The highest BCUT2D eigenvalue weighted by Gasteiger charge is 2.18. The third-order valence-electron chi connectivity index (χ3n) is 5.77. The zero-order valence-electron chi connectivity index (χ0n) is 20.6. The quantitative estimate of drug-likeness (QED) is 0.443. The Kier molecular flexibility index (Phi) is 6.58. The van der Waals surface area contributed by atoms with Crippen LogP contribution in [-0.4, -0.2) is 35.2 Å². The summed E-state index contributed by atoms with van der Waals surface area (Å²) in [5.41, 5.74) is 6.18. The molecule has 0 atom stereocenters. The summed E-state index contributed by atoms with van der Waals surface area (Å²) in [6, 6.07) is 9.86. The van der Waals surface area contributed by atoms with E-state index in [1.807, 2.05) is 64.4 Å². The van der Waals surface area contributed by atoms with Gasteiger partial charge >= 0.3 is 0 Å². The number of amides is 1. The Morgan fingerprint density at radius 1 is 1.06 bits per heavy atom. The summed E-state index contributed by atoms with van der Waals surface area (Å²) in [6.45, 7) is 12.7. The van der Waals surface area contributed by atoms with Crippen LogP contribution in [0.2, 0.25) is 0 Å². The Hall–Kier alpha value is -3.81. The van der Waals surface area contributed by atoms with Crippen LogP contribution >= 0.6 is 0 Å². The molecule has 34 heavy (non-hydrogen) atoms. The van der Waals surface area contributed by atoms with Gasteiger partial charge in [0.05, 0.1) is 12.1 Å². The summed E-state index contributed by atoms with van der Waals surface area (Å²) in [5.74, 6) is 1.83. The minimum Gasteiger partial charge on any atom is -0.330 e. The van der Waals surface area contributed by atoms with E-state index in [0.717, 1.165) is 45.4 Å². The SMILES string of the molecule is Cc1cc(C)nc(-n2nc(C)c(CC(=O)Nc3cccc(Cn4ccnc4C(C)C)c3)c2C)n1. The second kappa shape index (κ2) is 9.59.